The summed E-state index contributed by atoms with van der Waals surface area (Å²) >= 11 is 7.46. The van der Waals surface area contributed by atoms with Gasteiger partial charge in [-0.2, -0.15) is 0 Å². The van der Waals surface area contributed by atoms with Crippen molar-refractivity contribution in [3.05, 3.63) is 40.8 Å². The lowest BCUT2D eigenvalue weighted by Crippen LogP contribution is -2.00. The highest BCUT2D eigenvalue weighted by Crippen LogP contribution is 2.37. The molecule has 3 rings (SSSR count). The second-order valence-corrected chi connectivity index (χ2v) is 7.35. The Balaban J connectivity index is 1.76. The molecule has 116 valence electrons. The van der Waals surface area contributed by atoms with Gasteiger partial charge in [-0.1, -0.05) is 36.2 Å². The maximum atomic E-state index is 5.93. The van der Waals surface area contributed by atoms with Gasteiger partial charge in [-0.15, -0.1) is 0 Å². The molecule has 0 aromatic carbocycles. The predicted molar refractivity (Wildman–Crippen MR) is 91.2 cm³/mol. The number of pyridine rings is 1. The Morgan fingerprint density at radius 3 is 2.77 bits per heavy atom. The Morgan fingerprint density at radius 2 is 2.05 bits per heavy atom. The lowest BCUT2D eigenvalue weighted by atomic mass is 9.98. The number of rotatable bonds is 4. The molecule has 6 heteroatoms. The average Bonchev–Trinajstić information content (AvgIpc) is 3.00. The van der Waals surface area contributed by atoms with Gasteiger partial charge in [0.25, 0.3) is 0 Å². The van der Waals surface area contributed by atoms with Crippen molar-refractivity contribution in [2.45, 2.75) is 48.9 Å². The first-order valence-corrected chi connectivity index (χ1v) is 8.80. The van der Waals surface area contributed by atoms with Crippen LogP contribution in [0.2, 0.25) is 5.15 Å². The molecule has 0 spiro atoms. The molecule has 0 aliphatic heterocycles. The minimum atomic E-state index is 0.152. The lowest BCUT2D eigenvalue weighted by molar-refractivity contribution is 0.719. The van der Waals surface area contributed by atoms with Crippen molar-refractivity contribution in [1.29, 1.82) is 0 Å². The van der Waals surface area contributed by atoms with E-state index in [9.17, 15) is 0 Å². The summed E-state index contributed by atoms with van der Waals surface area (Å²) in [4.78, 5) is 12.9. The van der Waals surface area contributed by atoms with Crippen LogP contribution in [0.1, 0.15) is 55.0 Å². The SMILES string of the molecule is CC(Sc1nc(N)cc(Cl)n1)c1cc(C2CCCC2)ccn1. The van der Waals surface area contributed by atoms with Crippen molar-refractivity contribution >= 4 is 29.2 Å². The number of nitrogens with two attached hydrogens (primary N) is 1. The normalized spacial score (nSPS) is 16.8. The molecular formula is C16H19ClN4S. The molecule has 2 N–H and O–H groups in total. The summed E-state index contributed by atoms with van der Waals surface area (Å²) in [5, 5.41) is 1.11. The van der Waals surface area contributed by atoms with Crippen LogP contribution in [0.25, 0.3) is 0 Å². The number of hydrogen-bond acceptors (Lipinski definition) is 5. The molecule has 1 unspecified atom stereocenters. The highest BCUT2D eigenvalue weighted by molar-refractivity contribution is 7.99. The zero-order valence-electron chi connectivity index (χ0n) is 12.5. The van der Waals surface area contributed by atoms with Crippen LogP contribution in [-0.2, 0) is 0 Å². The van der Waals surface area contributed by atoms with Gasteiger partial charge in [-0.25, -0.2) is 9.97 Å². The maximum Gasteiger partial charge on any atom is 0.191 e. The zero-order chi connectivity index (χ0) is 15.5. The van der Waals surface area contributed by atoms with E-state index < -0.39 is 0 Å². The molecule has 0 saturated heterocycles. The van der Waals surface area contributed by atoms with Crippen molar-refractivity contribution < 1.29 is 0 Å². The van der Waals surface area contributed by atoms with E-state index in [0.717, 1.165) is 5.69 Å². The Hall–Kier alpha value is -1.33. The van der Waals surface area contributed by atoms with Crippen LogP contribution in [-0.4, -0.2) is 15.0 Å². The Labute approximate surface area is 139 Å². The number of nitrogens with zero attached hydrogens (tertiary/aromatic N) is 3. The van der Waals surface area contributed by atoms with E-state index in [1.165, 1.54) is 43.0 Å². The summed E-state index contributed by atoms with van der Waals surface area (Å²) in [5.74, 6) is 1.08. The molecule has 22 heavy (non-hydrogen) atoms. The van der Waals surface area contributed by atoms with Gasteiger partial charge in [-0.05, 0) is 43.4 Å². The lowest BCUT2D eigenvalue weighted by Gasteiger charge is -2.14. The number of nitrogen functional groups attached to an aromatic ring is 1. The molecule has 2 aromatic rings. The standard InChI is InChI=1S/C16H19ClN4S/c1-10(22-16-20-14(17)9-15(18)21-16)13-8-12(6-7-19-13)11-4-2-3-5-11/h6-11H,2-5H2,1H3,(H2,18,20,21). The predicted octanol–water partition coefficient (Wildman–Crippen LogP) is 4.62. The van der Waals surface area contributed by atoms with Crippen molar-refractivity contribution in [2.75, 3.05) is 5.73 Å². The van der Waals surface area contributed by atoms with E-state index >= 15 is 0 Å². The number of aromatic nitrogens is 3. The molecule has 1 aliphatic carbocycles. The van der Waals surface area contributed by atoms with Gasteiger partial charge in [0.1, 0.15) is 11.0 Å². The molecule has 1 aliphatic rings. The van der Waals surface area contributed by atoms with Crippen LogP contribution in [0.4, 0.5) is 5.82 Å². The van der Waals surface area contributed by atoms with Crippen molar-refractivity contribution in [3.8, 4) is 0 Å². The summed E-state index contributed by atoms with van der Waals surface area (Å²) in [5.41, 5.74) is 8.17. The summed E-state index contributed by atoms with van der Waals surface area (Å²) in [6, 6.07) is 5.92. The molecule has 1 fully saturated rings. The molecule has 2 heterocycles. The third-order valence-corrected chi connectivity index (χ3v) is 5.21. The van der Waals surface area contributed by atoms with Crippen LogP contribution in [0.5, 0.6) is 0 Å². The first kappa shape index (κ1) is 15.6. The Bertz CT molecular complexity index is 638. The maximum absolute atomic E-state index is 5.93. The molecule has 1 atom stereocenters. The van der Waals surface area contributed by atoms with Gasteiger partial charge in [0.05, 0.1) is 10.9 Å². The first-order valence-electron chi connectivity index (χ1n) is 7.54. The number of halogens is 1. The highest BCUT2D eigenvalue weighted by Gasteiger charge is 2.19. The third kappa shape index (κ3) is 3.70. The molecule has 2 aromatic heterocycles. The number of hydrogen-bond donors (Lipinski definition) is 1. The monoisotopic (exact) mass is 334 g/mol. The van der Waals surface area contributed by atoms with E-state index in [4.69, 9.17) is 17.3 Å². The van der Waals surface area contributed by atoms with Crippen LogP contribution in [0.3, 0.4) is 0 Å². The van der Waals surface area contributed by atoms with E-state index in [0.29, 0.717) is 22.0 Å². The van der Waals surface area contributed by atoms with E-state index in [-0.39, 0.29) is 5.25 Å². The highest BCUT2D eigenvalue weighted by atomic mass is 35.5. The van der Waals surface area contributed by atoms with Crippen molar-refractivity contribution in [2.24, 2.45) is 0 Å². The van der Waals surface area contributed by atoms with Crippen LogP contribution in [0.15, 0.2) is 29.6 Å². The largest absolute Gasteiger partial charge is 0.384 e. The topological polar surface area (TPSA) is 64.7 Å². The van der Waals surface area contributed by atoms with Crippen LogP contribution >= 0.6 is 23.4 Å². The van der Waals surface area contributed by atoms with Gasteiger partial charge in [0.2, 0.25) is 0 Å². The van der Waals surface area contributed by atoms with E-state index in [2.05, 4.69) is 34.0 Å². The van der Waals surface area contributed by atoms with Gasteiger partial charge in [0.15, 0.2) is 5.16 Å². The fraction of sp³-hybridized carbons (Fsp3) is 0.438. The average molecular weight is 335 g/mol. The minimum absolute atomic E-state index is 0.152. The Kier molecular flexibility index (Phi) is 4.84. The summed E-state index contributed by atoms with van der Waals surface area (Å²) < 4.78 is 0. The second kappa shape index (κ2) is 6.84. The van der Waals surface area contributed by atoms with Crippen molar-refractivity contribution in [1.82, 2.24) is 15.0 Å². The molecular weight excluding hydrogens is 316 g/mol. The summed E-state index contributed by atoms with van der Waals surface area (Å²) in [6.07, 6.45) is 7.16. The van der Waals surface area contributed by atoms with Gasteiger partial charge in [-0.3, -0.25) is 4.98 Å². The number of thioether (sulfide) groups is 1. The fourth-order valence-electron chi connectivity index (χ4n) is 2.89. The van der Waals surface area contributed by atoms with Crippen LogP contribution < -0.4 is 5.73 Å². The van der Waals surface area contributed by atoms with Gasteiger partial charge >= 0.3 is 0 Å². The smallest absolute Gasteiger partial charge is 0.191 e. The first-order chi connectivity index (χ1) is 10.6. The van der Waals surface area contributed by atoms with Crippen molar-refractivity contribution in [3.63, 3.8) is 0 Å². The van der Waals surface area contributed by atoms with Crippen LogP contribution in [0, 0.1) is 0 Å². The Morgan fingerprint density at radius 1 is 1.27 bits per heavy atom. The molecule has 0 radical (unpaired) electrons. The minimum Gasteiger partial charge on any atom is -0.384 e. The molecule has 0 bridgehead atoms. The van der Waals surface area contributed by atoms with Gasteiger partial charge < -0.3 is 5.73 Å². The fourth-order valence-corrected chi connectivity index (χ4v) is 4.00. The van der Waals surface area contributed by atoms with Gasteiger partial charge in [0, 0.05) is 12.3 Å². The molecule has 1 saturated carbocycles. The quantitative estimate of drug-likeness (QED) is 0.502. The second-order valence-electron chi connectivity index (χ2n) is 5.65. The number of anilines is 1. The summed E-state index contributed by atoms with van der Waals surface area (Å²) in [6.45, 7) is 2.10. The van der Waals surface area contributed by atoms with E-state index in [1.54, 1.807) is 6.07 Å². The van der Waals surface area contributed by atoms with E-state index in [1.807, 2.05) is 6.20 Å². The molecule has 4 nitrogen and oxygen atoms in total. The summed E-state index contributed by atoms with van der Waals surface area (Å²) in [7, 11) is 0. The molecule has 0 amide bonds. The zero-order valence-corrected chi connectivity index (χ0v) is 14.1. The third-order valence-electron chi connectivity index (χ3n) is 4.02.